The summed E-state index contributed by atoms with van der Waals surface area (Å²) in [7, 11) is 2.16. The second-order valence-corrected chi connectivity index (χ2v) is 16.8. The fourth-order valence-electron chi connectivity index (χ4n) is 7.28. The summed E-state index contributed by atoms with van der Waals surface area (Å²) < 4.78 is 0. The quantitative estimate of drug-likeness (QED) is 0.0256. The van der Waals surface area contributed by atoms with Crippen molar-refractivity contribution >= 4 is 17.0 Å². The van der Waals surface area contributed by atoms with Crippen molar-refractivity contribution < 1.29 is 0 Å². The van der Waals surface area contributed by atoms with Crippen molar-refractivity contribution in [1.82, 2.24) is 16.0 Å². The third-order valence-corrected chi connectivity index (χ3v) is 11.0. The lowest BCUT2D eigenvalue weighted by Crippen LogP contribution is -2.31. The SMILES string of the molecule is C=C(C)CC(CCc1ccccc1)NC=C/C(=C(/C=C(\C)c1cccc(CC)c1)C(=C)C)C(CNCC)C(=N)c1ccc(N(C)CCCCNC(=C)CCC(C)C)cc1. The zero-order valence-corrected chi connectivity index (χ0v) is 38.0. The zero-order valence-electron chi connectivity index (χ0n) is 38.0. The van der Waals surface area contributed by atoms with E-state index in [0.29, 0.717) is 18.2 Å². The van der Waals surface area contributed by atoms with Crippen LogP contribution in [0.25, 0.3) is 5.57 Å². The van der Waals surface area contributed by atoms with Gasteiger partial charge >= 0.3 is 0 Å². The van der Waals surface area contributed by atoms with E-state index in [0.717, 1.165) is 104 Å². The highest BCUT2D eigenvalue weighted by molar-refractivity contribution is 6.02. The van der Waals surface area contributed by atoms with Gasteiger partial charge < -0.3 is 26.3 Å². The molecule has 0 aliphatic carbocycles. The first-order valence-electron chi connectivity index (χ1n) is 22.1. The average molecular weight is 796 g/mol. The largest absolute Gasteiger partial charge is 0.389 e. The van der Waals surface area contributed by atoms with Crippen LogP contribution in [0.3, 0.4) is 0 Å². The third kappa shape index (κ3) is 17.5. The summed E-state index contributed by atoms with van der Waals surface area (Å²) >= 11 is 0. The van der Waals surface area contributed by atoms with Gasteiger partial charge in [0.05, 0.1) is 0 Å². The van der Waals surface area contributed by atoms with Crippen molar-refractivity contribution in [2.75, 3.05) is 38.1 Å². The number of aryl methyl sites for hydroxylation is 2. The molecule has 0 radical (unpaired) electrons. The molecule has 4 N–H and O–H groups in total. The molecule has 0 heterocycles. The molecule has 3 rings (SSSR count). The normalized spacial score (nSPS) is 13.2. The number of anilines is 1. The molecule has 0 aliphatic rings. The van der Waals surface area contributed by atoms with Gasteiger partial charge in [-0.15, -0.1) is 6.58 Å². The van der Waals surface area contributed by atoms with E-state index in [2.05, 4.69) is 193 Å². The molecule has 5 heteroatoms. The van der Waals surface area contributed by atoms with E-state index in [9.17, 15) is 5.41 Å². The molecule has 0 saturated carbocycles. The lowest BCUT2D eigenvalue weighted by molar-refractivity contribution is 0.537. The van der Waals surface area contributed by atoms with Gasteiger partial charge in [0.2, 0.25) is 0 Å². The maximum atomic E-state index is 9.81. The molecular weight excluding hydrogens is 719 g/mol. The summed E-state index contributed by atoms with van der Waals surface area (Å²) in [6.45, 7) is 31.6. The van der Waals surface area contributed by atoms with Gasteiger partial charge in [-0.1, -0.05) is 125 Å². The second-order valence-electron chi connectivity index (χ2n) is 16.8. The van der Waals surface area contributed by atoms with E-state index in [4.69, 9.17) is 0 Å². The van der Waals surface area contributed by atoms with Crippen molar-refractivity contribution in [2.45, 2.75) is 106 Å². The van der Waals surface area contributed by atoms with Crippen molar-refractivity contribution in [3.63, 3.8) is 0 Å². The molecule has 2 unspecified atom stereocenters. The number of unbranched alkanes of at least 4 members (excludes halogenated alkanes) is 1. The standard InChI is InChI=1S/C54H77N5/c1-12-45-22-19-23-48(38-45)43(9)37-52(42(7)8)51(32-34-58-49(36-41(5)6)29-26-46-20-15-14-16-21-46)53(39-56-13-2)54(55)47-27-30-50(31-28-47)59(11)35-18-17-33-57-44(10)25-24-40(3)4/h14-16,19-23,27-28,30-32,34,37-38,40,49,53,55-58H,5,7,10,12-13,17-18,24-26,29,33,35-36,39H2,1-4,6,8-9,11H3/b34-32?,43-37+,52-51+,55-54?. The molecule has 318 valence electrons. The van der Waals surface area contributed by atoms with Crippen LogP contribution in [-0.4, -0.2) is 45.0 Å². The van der Waals surface area contributed by atoms with Crippen LogP contribution in [0.1, 0.15) is 109 Å². The molecule has 59 heavy (non-hydrogen) atoms. The van der Waals surface area contributed by atoms with E-state index in [-0.39, 0.29) is 12.0 Å². The Hall–Kier alpha value is -4.87. The van der Waals surface area contributed by atoms with Crippen LogP contribution in [0, 0.1) is 17.2 Å². The van der Waals surface area contributed by atoms with Crippen molar-refractivity contribution in [3.8, 4) is 0 Å². The Morgan fingerprint density at radius 2 is 1.56 bits per heavy atom. The average Bonchev–Trinajstić information content (AvgIpc) is 3.23. The van der Waals surface area contributed by atoms with Gasteiger partial charge in [-0.2, -0.15) is 0 Å². The van der Waals surface area contributed by atoms with Crippen molar-refractivity contribution in [3.05, 3.63) is 167 Å². The molecule has 2 atom stereocenters. The van der Waals surface area contributed by atoms with Crippen LogP contribution in [0.4, 0.5) is 5.69 Å². The second kappa shape index (κ2) is 26.3. The maximum Gasteiger partial charge on any atom is 0.0473 e. The molecule has 0 bridgehead atoms. The van der Waals surface area contributed by atoms with Gasteiger partial charge in [0.15, 0.2) is 0 Å². The van der Waals surface area contributed by atoms with Crippen LogP contribution < -0.4 is 20.9 Å². The topological polar surface area (TPSA) is 63.2 Å². The number of hydrogen-bond acceptors (Lipinski definition) is 5. The predicted molar refractivity (Wildman–Crippen MR) is 261 cm³/mol. The van der Waals surface area contributed by atoms with Gasteiger partial charge in [-0.3, -0.25) is 0 Å². The summed E-state index contributed by atoms with van der Waals surface area (Å²) in [5, 5.41) is 20.7. The highest BCUT2D eigenvalue weighted by atomic mass is 15.1. The van der Waals surface area contributed by atoms with E-state index < -0.39 is 0 Å². The fraction of sp³-hybridized carbons (Fsp3) is 0.426. The number of nitrogens with zero attached hydrogens (tertiary/aromatic N) is 1. The van der Waals surface area contributed by atoms with Crippen LogP contribution in [0.2, 0.25) is 0 Å². The Bertz CT molecular complexity index is 1860. The zero-order chi connectivity index (χ0) is 43.2. The summed E-state index contributed by atoms with van der Waals surface area (Å²) in [5.74, 6) is 0.477. The van der Waals surface area contributed by atoms with Crippen LogP contribution in [0.15, 0.2) is 145 Å². The first-order chi connectivity index (χ1) is 28.3. The minimum absolute atomic E-state index is 0.221. The number of rotatable bonds is 28. The molecular formula is C54H77N5. The monoisotopic (exact) mass is 796 g/mol. The summed E-state index contributed by atoms with van der Waals surface area (Å²) in [4.78, 5) is 2.32. The minimum atomic E-state index is -0.221. The Balaban J connectivity index is 1.95. The van der Waals surface area contributed by atoms with E-state index in [1.807, 2.05) is 0 Å². The van der Waals surface area contributed by atoms with Crippen molar-refractivity contribution in [1.29, 1.82) is 5.41 Å². The number of hydrogen-bond donors (Lipinski definition) is 4. The molecule has 0 spiro atoms. The predicted octanol–water partition coefficient (Wildman–Crippen LogP) is 12.6. The molecule has 3 aromatic carbocycles. The molecule has 0 saturated heterocycles. The fourth-order valence-corrected chi connectivity index (χ4v) is 7.28. The third-order valence-electron chi connectivity index (χ3n) is 11.0. The van der Waals surface area contributed by atoms with Gasteiger partial charge in [0, 0.05) is 55.7 Å². The summed E-state index contributed by atoms with van der Waals surface area (Å²) in [5.41, 5.74) is 13.1. The smallest absolute Gasteiger partial charge is 0.0473 e. The Kier molecular flexibility index (Phi) is 21.6. The Labute approximate surface area is 360 Å². The first-order valence-corrected chi connectivity index (χ1v) is 22.1. The molecule has 3 aromatic rings. The lowest BCUT2D eigenvalue weighted by atomic mass is 9.83. The molecule has 5 nitrogen and oxygen atoms in total. The molecule has 0 aliphatic heterocycles. The van der Waals surface area contributed by atoms with Crippen LogP contribution in [-0.2, 0) is 12.8 Å². The number of allylic oxidation sites excluding steroid dienone is 6. The highest BCUT2D eigenvalue weighted by Crippen LogP contribution is 2.30. The van der Waals surface area contributed by atoms with E-state index in [1.165, 1.54) is 28.7 Å². The summed E-state index contributed by atoms with van der Waals surface area (Å²) in [6.07, 6.45) is 14.9. The number of nitrogens with one attached hydrogen (secondary N) is 4. The highest BCUT2D eigenvalue weighted by Gasteiger charge is 2.23. The number of benzene rings is 3. The summed E-state index contributed by atoms with van der Waals surface area (Å²) in [6, 6.07) is 28.3. The van der Waals surface area contributed by atoms with Gasteiger partial charge in [0.1, 0.15) is 0 Å². The van der Waals surface area contributed by atoms with Gasteiger partial charge in [0.25, 0.3) is 0 Å². The molecule has 0 aromatic heterocycles. The van der Waals surface area contributed by atoms with Crippen LogP contribution in [0.5, 0.6) is 0 Å². The van der Waals surface area contributed by atoms with E-state index >= 15 is 0 Å². The van der Waals surface area contributed by atoms with Crippen molar-refractivity contribution in [2.24, 2.45) is 11.8 Å². The lowest BCUT2D eigenvalue weighted by Gasteiger charge is -2.25. The molecule has 0 amide bonds. The first kappa shape index (κ1) is 48.5. The van der Waals surface area contributed by atoms with E-state index in [1.54, 1.807) is 0 Å². The van der Waals surface area contributed by atoms with Crippen LogP contribution >= 0.6 is 0 Å². The Morgan fingerprint density at radius 3 is 2.20 bits per heavy atom. The minimum Gasteiger partial charge on any atom is -0.389 e. The molecule has 0 fully saturated rings. The Morgan fingerprint density at radius 1 is 0.847 bits per heavy atom. The van der Waals surface area contributed by atoms with Gasteiger partial charge in [-0.25, -0.2) is 0 Å². The van der Waals surface area contributed by atoms with Gasteiger partial charge in [-0.05, 0) is 148 Å². The maximum absolute atomic E-state index is 9.81.